The molecule has 15 heavy (non-hydrogen) atoms. The van der Waals surface area contributed by atoms with Gasteiger partial charge >= 0.3 is 0 Å². The van der Waals surface area contributed by atoms with Gasteiger partial charge in [0, 0.05) is 5.56 Å². The van der Waals surface area contributed by atoms with Crippen molar-refractivity contribution in [1.29, 1.82) is 0 Å². The van der Waals surface area contributed by atoms with E-state index in [4.69, 9.17) is 4.74 Å². The minimum Gasteiger partial charge on any atom is -0.495 e. The highest BCUT2D eigenvalue weighted by molar-refractivity contribution is 5.59. The summed E-state index contributed by atoms with van der Waals surface area (Å²) < 4.78 is 5.06. The van der Waals surface area contributed by atoms with Crippen molar-refractivity contribution >= 4 is 0 Å². The van der Waals surface area contributed by atoms with Gasteiger partial charge in [-0.25, -0.2) is 0 Å². The number of hydrogen-bond donors (Lipinski definition) is 0. The Balaban J connectivity index is 2.33. The van der Waals surface area contributed by atoms with E-state index in [0.29, 0.717) is 0 Å². The fraction of sp³-hybridized carbons (Fsp3) is 0.154. The third kappa shape index (κ3) is 2.15. The average Bonchev–Trinajstić information content (AvgIpc) is 2.30. The van der Waals surface area contributed by atoms with Gasteiger partial charge in [0.25, 0.3) is 0 Å². The summed E-state index contributed by atoms with van der Waals surface area (Å²) in [6, 6.07) is 12.2. The summed E-state index contributed by atoms with van der Waals surface area (Å²) in [5.41, 5.74) is 3.35. The number of ether oxygens (including phenoxy) is 1. The molecule has 0 aliphatic heterocycles. The van der Waals surface area contributed by atoms with Gasteiger partial charge in [0.15, 0.2) is 0 Å². The number of benzene rings is 1. The first kappa shape index (κ1) is 9.71. The van der Waals surface area contributed by atoms with Crippen LogP contribution in [0.3, 0.4) is 0 Å². The van der Waals surface area contributed by atoms with E-state index in [1.165, 1.54) is 5.56 Å². The minimum absolute atomic E-state index is 0.783. The predicted molar refractivity (Wildman–Crippen MR) is 61.0 cm³/mol. The summed E-state index contributed by atoms with van der Waals surface area (Å²) in [5.74, 6) is 0.783. The van der Waals surface area contributed by atoms with Crippen LogP contribution in [-0.2, 0) is 0 Å². The molecule has 2 aromatic rings. The summed E-state index contributed by atoms with van der Waals surface area (Å²) in [5, 5.41) is 0. The van der Waals surface area contributed by atoms with Crippen molar-refractivity contribution in [1.82, 2.24) is 4.98 Å². The number of nitrogens with zero attached hydrogens (tertiary/aromatic N) is 1. The third-order valence-corrected chi connectivity index (χ3v) is 2.32. The molecule has 0 aliphatic carbocycles. The number of methoxy groups -OCH3 is 1. The Bertz CT molecular complexity index is 431. The molecule has 1 aromatic heterocycles. The topological polar surface area (TPSA) is 22.1 Å². The molecule has 76 valence electrons. The van der Waals surface area contributed by atoms with Crippen LogP contribution in [0, 0.1) is 6.92 Å². The van der Waals surface area contributed by atoms with Gasteiger partial charge in [-0.2, -0.15) is 0 Å². The first-order valence-corrected chi connectivity index (χ1v) is 4.86. The van der Waals surface area contributed by atoms with E-state index in [1.807, 2.05) is 12.1 Å². The second-order valence-corrected chi connectivity index (χ2v) is 3.45. The summed E-state index contributed by atoms with van der Waals surface area (Å²) in [4.78, 5) is 4.32. The van der Waals surface area contributed by atoms with Gasteiger partial charge < -0.3 is 4.74 Å². The van der Waals surface area contributed by atoms with Crippen molar-refractivity contribution < 1.29 is 4.74 Å². The zero-order valence-corrected chi connectivity index (χ0v) is 8.90. The standard InChI is InChI=1S/C13H13NO/c1-10-3-5-11(6-4-10)13-8-7-12(15-2)9-14-13/h3-9H,1-2H3. The first-order valence-electron chi connectivity index (χ1n) is 4.86. The van der Waals surface area contributed by atoms with Crippen LogP contribution in [0.4, 0.5) is 0 Å². The van der Waals surface area contributed by atoms with E-state index in [2.05, 4.69) is 36.2 Å². The minimum atomic E-state index is 0.783. The lowest BCUT2D eigenvalue weighted by molar-refractivity contribution is 0.413. The van der Waals surface area contributed by atoms with Crippen molar-refractivity contribution in [2.45, 2.75) is 6.92 Å². The molecule has 2 nitrogen and oxygen atoms in total. The molecular formula is C13H13NO. The van der Waals surface area contributed by atoms with E-state index in [1.54, 1.807) is 13.3 Å². The summed E-state index contributed by atoms with van der Waals surface area (Å²) in [6.07, 6.45) is 1.73. The predicted octanol–water partition coefficient (Wildman–Crippen LogP) is 3.07. The van der Waals surface area contributed by atoms with Gasteiger partial charge in [-0.1, -0.05) is 29.8 Å². The SMILES string of the molecule is COc1ccc(-c2ccc(C)cc2)nc1. The highest BCUT2D eigenvalue weighted by Crippen LogP contribution is 2.19. The first-order chi connectivity index (χ1) is 7.29. The highest BCUT2D eigenvalue weighted by Gasteiger charge is 1.98. The van der Waals surface area contributed by atoms with E-state index in [9.17, 15) is 0 Å². The van der Waals surface area contributed by atoms with Crippen LogP contribution >= 0.6 is 0 Å². The molecule has 0 saturated heterocycles. The van der Waals surface area contributed by atoms with Crippen molar-refractivity contribution in [3.8, 4) is 17.0 Å². The Morgan fingerprint density at radius 2 is 1.73 bits per heavy atom. The van der Waals surface area contributed by atoms with E-state index in [0.717, 1.165) is 17.0 Å². The largest absolute Gasteiger partial charge is 0.495 e. The monoisotopic (exact) mass is 199 g/mol. The lowest BCUT2D eigenvalue weighted by Gasteiger charge is -2.02. The molecule has 2 rings (SSSR count). The molecule has 2 heteroatoms. The van der Waals surface area contributed by atoms with Gasteiger partial charge in [-0.05, 0) is 19.1 Å². The number of aryl methyl sites for hydroxylation is 1. The van der Waals surface area contributed by atoms with Gasteiger partial charge in [0.2, 0.25) is 0 Å². The van der Waals surface area contributed by atoms with Crippen molar-refractivity contribution in [2.24, 2.45) is 0 Å². The van der Waals surface area contributed by atoms with Crippen LogP contribution in [0.1, 0.15) is 5.56 Å². The maximum Gasteiger partial charge on any atom is 0.137 e. The van der Waals surface area contributed by atoms with Crippen LogP contribution < -0.4 is 4.74 Å². The van der Waals surface area contributed by atoms with Gasteiger partial charge in [-0.15, -0.1) is 0 Å². The second kappa shape index (κ2) is 4.13. The molecule has 0 bridgehead atoms. The average molecular weight is 199 g/mol. The van der Waals surface area contributed by atoms with Gasteiger partial charge in [0.1, 0.15) is 5.75 Å². The van der Waals surface area contributed by atoms with Crippen LogP contribution in [0.15, 0.2) is 42.6 Å². The molecule has 0 saturated carbocycles. The molecule has 0 radical (unpaired) electrons. The smallest absolute Gasteiger partial charge is 0.137 e. The molecule has 0 fully saturated rings. The van der Waals surface area contributed by atoms with E-state index < -0.39 is 0 Å². The molecule has 0 atom stereocenters. The zero-order valence-electron chi connectivity index (χ0n) is 8.90. The summed E-state index contributed by atoms with van der Waals surface area (Å²) in [7, 11) is 1.64. The van der Waals surface area contributed by atoms with E-state index in [-0.39, 0.29) is 0 Å². The van der Waals surface area contributed by atoms with Crippen molar-refractivity contribution in [2.75, 3.05) is 7.11 Å². The Hall–Kier alpha value is -1.83. The normalized spacial score (nSPS) is 10.0. The third-order valence-electron chi connectivity index (χ3n) is 2.32. The molecule has 0 aliphatic rings. The molecule has 0 N–H and O–H groups in total. The summed E-state index contributed by atoms with van der Waals surface area (Å²) in [6.45, 7) is 2.07. The molecule has 1 aromatic carbocycles. The number of aromatic nitrogens is 1. The molecule has 0 amide bonds. The molecule has 0 unspecified atom stereocenters. The van der Waals surface area contributed by atoms with Crippen LogP contribution in [0.25, 0.3) is 11.3 Å². The Morgan fingerprint density at radius 1 is 1.00 bits per heavy atom. The van der Waals surface area contributed by atoms with Gasteiger partial charge in [0.05, 0.1) is 19.0 Å². The van der Waals surface area contributed by atoms with Crippen LogP contribution in [0.2, 0.25) is 0 Å². The molecule has 1 heterocycles. The van der Waals surface area contributed by atoms with Crippen molar-refractivity contribution in [3.63, 3.8) is 0 Å². The van der Waals surface area contributed by atoms with E-state index >= 15 is 0 Å². The number of rotatable bonds is 2. The fourth-order valence-electron chi connectivity index (χ4n) is 1.40. The lowest BCUT2D eigenvalue weighted by Crippen LogP contribution is -1.86. The van der Waals surface area contributed by atoms with Crippen molar-refractivity contribution in [3.05, 3.63) is 48.2 Å². The van der Waals surface area contributed by atoms with Crippen LogP contribution in [0.5, 0.6) is 5.75 Å². The maximum atomic E-state index is 5.06. The highest BCUT2D eigenvalue weighted by atomic mass is 16.5. The Morgan fingerprint density at radius 3 is 2.27 bits per heavy atom. The Kier molecular flexibility index (Phi) is 2.68. The molecular weight excluding hydrogens is 186 g/mol. The maximum absolute atomic E-state index is 5.06. The number of hydrogen-bond acceptors (Lipinski definition) is 2. The second-order valence-electron chi connectivity index (χ2n) is 3.45. The fourth-order valence-corrected chi connectivity index (χ4v) is 1.40. The van der Waals surface area contributed by atoms with Crippen LogP contribution in [-0.4, -0.2) is 12.1 Å². The quantitative estimate of drug-likeness (QED) is 0.741. The summed E-state index contributed by atoms with van der Waals surface area (Å²) >= 11 is 0. The number of pyridine rings is 1. The van der Waals surface area contributed by atoms with Gasteiger partial charge in [-0.3, -0.25) is 4.98 Å². The molecule has 0 spiro atoms. The lowest BCUT2D eigenvalue weighted by atomic mass is 10.1. The zero-order chi connectivity index (χ0) is 10.7. The Labute approximate surface area is 89.6 Å².